The summed E-state index contributed by atoms with van der Waals surface area (Å²) in [4.78, 5) is 10.9. The van der Waals surface area contributed by atoms with Crippen LogP contribution in [-0.4, -0.2) is 42.1 Å². The third-order valence-corrected chi connectivity index (χ3v) is 6.83. The van der Waals surface area contributed by atoms with Crippen molar-refractivity contribution in [1.29, 1.82) is 0 Å². The fraction of sp³-hybridized carbons (Fsp3) is 0.769. The van der Waals surface area contributed by atoms with Crippen LogP contribution in [0.5, 0.6) is 0 Å². The summed E-state index contributed by atoms with van der Waals surface area (Å²) in [6, 6.07) is 6.94. The number of para-hydroxylation sites is 2. The molecule has 0 amide bonds. The summed E-state index contributed by atoms with van der Waals surface area (Å²) >= 11 is 0. The highest BCUT2D eigenvalue weighted by atomic mass is 16.6. The van der Waals surface area contributed by atoms with Crippen LogP contribution in [0, 0.1) is 10.1 Å². The molecule has 0 aliphatic rings. The number of hydrogen-bond donors (Lipinski definition) is 1. The van der Waals surface area contributed by atoms with E-state index in [0.29, 0.717) is 5.69 Å². The van der Waals surface area contributed by atoms with Crippen LogP contribution in [0.15, 0.2) is 24.3 Å². The Labute approximate surface area is 191 Å². The SMILES string of the molecule is CCCCCCCCCCCCCC[N+](CC)(CC)CCNc1ccccc1[N+](=O)[O-]. The Morgan fingerprint density at radius 1 is 0.774 bits per heavy atom. The van der Waals surface area contributed by atoms with E-state index in [-0.39, 0.29) is 10.6 Å². The zero-order valence-corrected chi connectivity index (χ0v) is 20.5. The molecule has 0 bridgehead atoms. The van der Waals surface area contributed by atoms with Crippen molar-refractivity contribution in [3.63, 3.8) is 0 Å². The van der Waals surface area contributed by atoms with Crippen molar-refractivity contribution in [3.8, 4) is 0 Å². The van der Waals surface area contributed by atoms with E-state index < -0.39 is 0 Å². The highest BCUT2D eigenvalue weighted by Gasteiger charge is 2.22. The van der Waals surface area contributed by atoms with Gasteiger partial charge in [-0.3, -0.25) is 10.1 Å². The van der Waals surface area contributed by atoms with Crippen molar-refractivity contribution in [1.82, 2.24) is 0 Å². The van der Waals surface area contributed by atoms with Crippen molar-refractivity contribution < 1.29 is 9.41 Å². The molecule has 5 nitrogen and oxygen atoms in total. The van der Waals surface area contributed by atoms with E-state index in [0.717, 1.165) is 30.7 Å². The minimum absolute atomic E-state index is 0.162. The average Bonchev–Trinajstić information content (AvgIpc) is 2.79. The van der Waals surface area contributed by atoms with E-state index in [1.54, 1.807) is 18.2 Å². The van der Waals surface area contributed by atoms with Gasteiger partial charge in [0.05, 0.1) is 37.6 Å². The summed E-state index contributed by atoms with van der Waals surface area (Å²) in [6.45, 7) is 12.1. The molecule has 0 saturated heterocycles. The fourth-order valence-electron chi connectivity index (χ4n) is 4.47. The summed E-state index contributed by atoms with van der Waals surface area (Å²) in [5, 5.41) is 14.5. The number of hydrogen-bond acceptors (Lipinski definition) is 3. The maximum Gasteiger partial charge on any atom is 0.292 e. The van der Waals surface area contributed by atoms with Gasteiger partial charge in [-0.1, -0.05) is 83.3 Å². The van der Waals surface area contributed by atoms with E-state index in [4.69, 9.17) is 0 Å². The van der Waals surface area contributed by atoms with E-state index in [1.165, 1.54) is 83.6 Å². The van der Waals surface area contributed by atoms with Crippen molar-refractivity contribution in [2.75, 3.05) is 38.0 Å². The van der Waals surface area contributed by atoms with Gasteiger partial charge in [0.2, 0.25) is 0 Å². The standard InChI is InChI=1S/C26H48N3O2/c1-4-7-8-9-10-11-12-13-14-15-16-19-23-29(5-2,6-3)24-22-27-25-20-17-18-21-26(25)28(30)31/h17-18,20-21,27H,4-16,19,22-24H2,1-3H3/q+1. The van der Waals surface area contributed by atoms with Gasteiger partial charge in [0.1, 0.15) is 5.69 Å². The molecule has 1 aromatic rings. The van der Waals surface area contributed by atoms with Gasteiger partial charge in [0.25, 0.3) is 5.69 Å². The van der Waals surface area contributed by atoms with Gasteiger partial charge in [-0.2, -0.15) is 0 Å². The van der Waals surface area contributed by atoms with E-state index in [9.17, 15) is 10.1 Å². The Balaban J connectivity index is 2.21. The van der Waals surface area contributed by atoms with Gasteiger partial charge in [-0.25, -0.2) is 0 Å². The van der Waals surface area contributed by atoms with Crippen molar-refractivity contribution in [2.45, 2.75) is 97.8 Å². The highest BCUT2D eigenvalue weighted by molar-refractivity contribution is 5.60. The molecule has 1 rings (SSSR count). The number of unbranched alkanes of at least 4 members (excludes halogenated alkanes) is 11. The maximum atomic E-state index is 11.2. The first-order valence-corrected chi connectivity index (χ1v) is 12.9. The zero-order chi connectivity index (χ0) is 22.8. The lowest BCUT2D eigenvalue weighted by Crippen LogP contribution is -2.51. The summed E-state index contributed by atoms with van der Waals surface area (Å²) in [7, 11) is 0. The Kier molecular flexibility index (Phi) is 15.0. The molecule has 0 saturated carbocycles. The van der Waals surface area contributed by atoms with E-state index in [2.05, 4.69) is 26.1 Å². The van der Waals surface area contributed by atoms with E-state index >= 15 is 0 Å². The normalized spacial score (nSPS) is 11.6. The van der Waals surface area contributed by atoms with Crippen LogP contribution in [0.1, 0.15) is 97.8 Å². The fourth-order valence-corrected chi connectivity index (χ4v) is 4.47. The number of nitro benzene ring substituents is 1. The number of nitrogens with zero attached hydrogens (tertiary/aromatic N) is 2. The quantitative estimate of drug-likeness (QED) is 0.0996. The van der Waals surface area contributed by atoms with Gasteiger partial charge in [0.15, 0.2) is 0 Å². The lowest BCUT2D eigenvalue weighted by atomic mass is 10.0. The molecule has 1 N–H and O–H groups in total. The minimum atomic E-state index is -0.309. The molecule has 0 heterocycles. The monoisotopic (exact) mass is 434 g/mol. The topological polar surface area (TPSA) is 55.2 Å². The predicted octanol–water partition coefficient (Wildman–Crippen LogP) is 7.56. The van der Waals surface area contributed by atoms with Crippen molar-refractivity contribution in [3.05, 3.63) is 34.4 Å². The number of quaternary nitrogens is 1. The van der Waals surface area contributed by atoms with Crippen LogP contribution in [-0.2, 0) is 0 Å². The van der Waals surface area contributed by atoms with Crippen LogP contribution in [0.4, 0.5) is 11.4 Å². The predicted molar refractivity (Wildman–Crippen MR) is 134 cm³/mol. The molecule has 5 heteroatoms. The Bertz CT molecular complexity index is 588. The van der Waals surface area contributed by atoms with Gasteiger partial charge in [-0.05, 0) is 32.8 Å². The zero-order valence-electron chi connectivity index (χ0n) is 20.5. The second-order valence-corrected chi connectivity index (χ2v) is 9.01. The second kappa shape index (κ2) is 17.0. The number of nitrogens with one attached hydrogen (secondary N) is 1. The van der Waals surface area contributed by atoms with Crippen LogP contribution in [0.2, 0.25) is 0 Å². The Morgan fingerprint density at radius 2 is 1.29 bits per heavy atom. The molecule has 0 radical (unpaired) electrons. The smallest absolute Gasteiger partial charge is 0.292 e. The lowest BCUT2D eigenvalue weighted by molar-refractivity contribution is -0.923. The summed E-state index contributed by atoms with van der Waals surface area (Å²) in [6.07, 6.45) is 16.6. The van der Waals surface area contributed by atoms with Gasteiger partial charge >= 0.3 is 0 Å². The van der Waals surface area contributed by atoms with Crippen LogP contribution >= 0.6 is 0 Å². The summed E-state index contributed by atoms with van der Waals surface area (Å²) in [5.41, 5.74) is 0.790. The summed E-state index contributed by atoms with van der Waals surface area (Å²) in [5.74, 6) is 0. The Morgan fingerprint density at radius 3 is 1.81 bits per heavy atom. The third kappa shape index (κ3) is 11.5. The van der Waals surface area contributed by atoms with Crippen molar-refractivity contribution >= 4 is 11.4 Å². The van der Waals surface area contributed by atoms with Gasteiger partial charge < -0.3 is 9.80 Å². The average molecular weight is 435 g/mol. The van der Waals surface area contributed by atoms with Crippen LogP contribution in [0.3, 0.4) is 0 Å². The third-order valence-electron chi connectivity index (χ3n) is 6.83. The molecule has 0 spiro atoms. The first-order chi connectivity index (χ1) is 15.1. The van der Waals surface area contributed by atoms with Gasteiger partial charge in [-0.15, -0.1) is 0 Å². The van der Waals surface area contributed by atoms with Crippen molar-refractivity contribution in [2.24, 2.45) is 0 Å². The lowest BCUT2D eigenvalue weighted by Gasteiger charge is -2.37. The molecule has 0 aromatic heterocycles. The van der Waals surface area contributed by atoms with Crippen LogP contribution < -0.4 is 5.32 Å². The number of nitro groups is 1. The Hall–Kier alpha value is -1.62. The molecule has 1 aromatic carbocycles. The molecule has 31 heavy (non-hydrogen) atoms. The number of likely N-dealkylation sites (N-methyl/N-ethyl adjacent to an activating group) is 1. The highest BCUT2D eigenvalue weighted by Crippen LogP contribution is 2.23. The molecular formula is C26H48N3O2+. The number of rotatable bonds is 20. The first-order valence-electron chi connectivity index (χ1n) is 12.9. The molecule has 0 unspecified atom stereocenters. The molecule has 0 aliphatic carbocycles. The molecular weight excluding hydrogens is 386 g/mol. The van der Waals surface area contributed by atoms with E-state index in [1.807, 2.05) is 6.07 Å². The number of benzene rings is 1. The molecule has 0 atom stereocenters. The summed E-state index contributed by atoms with van der Waals surface area (Å²) < 4.78 is 1.09. The second-order valence-electron chi connectivity index (χ2n) is 9.01. The largest absolute Gasteiger partial charge is 0.374 e. The minimum Gasteiger partial charge on any atom is -0.374 e. The molecule has 178 valence electrons. The number of anilines is 1. The van der Waals surface area contributed by atoms with Crippen LogP contribution in [0.25, 0.3) is 0 Å². The van der Waals surface area contributed by atoms with Gasteiger partial charge in [0, 0.05) is 6.07 Å². The molecule has 0 fully saturated rings. The maximum absolute atomic E-state index is 11.2. The first kappa shape index (κ1) is 27.4. The molecule has 0 aliphatic heterocycles.